The third kappa shape index (κ3) is 5.22. The molecule has 29 heavy (non-hydrogen) atoms. The lowest BCUT2D eigenvalue weighted by atomic mass is 9.94. The number of likely N-dealkylation sites (tertiary alicyclic amines) is 1. The van der Waals surface area contributed by atoms with Crippen LogP contribution in [0.5, 0.6) is 5.75 Å². The highest BCUT2D eigenvalue weighted by Crippen LogP contribution is 2.30. The summed E-state index contributed by atoms with van der Waals surface area (Å²) in [4.78, 5) is 14.4. The number of carbonyl (C=O) groups is 1. The molecule has 0 saturated carbocycles. The van der Waals surface area contributed by atoms with Crippen LogP contribution in [0.15, 0.2) is 29.2 Å². The van der Waals surface area contributed by atoms with Crippen LogP contribution in [0.2, 0.25) is 0 Å². The second kappa shape index (κ2) is 8.51. The largest absolute Gasteiger partial charge is 0.573 e. The number of carbonyl (C=O) groups excluding carboxylic acids is 1. The minimum absolute atomic E-state index is 0.0785. The lowest BCUT2D eigenvalue weighted by molar-refractivity contribution is -0.274. The predicted octanol–water partition coefficient (Wildman–Crippen LogP) is 3.39. The van der Waals surface area contributed by atoms with Crippen molar-refractivity contribution in [3.63, 3.8) is 0 Å². The van der Waals surface area contributed by atoms with Crippen molar-refractivity contribution in [2.75, 3.05) is 19.6 Å². The van der Waals surface area contributed by atoms with Gasteiger partial charge in [-0.1, -0.05) is 6.07 Å². The summed E-state index contributed by atoms with van der Waals surface area (Å²) in [5, 5.41) is 0. The molecule has 0 N–H and O–H groups in total. The molecule has 2 aliphatic rings. The summed E-state index contributed by atoms with van der Waals surface area (Å²) in [6.07, 6.45) is -1.01. The van der Waals surface area contributed by atoms with E-state index in [9.17, 15) is 26.4 Å². The zero-order valence-electron chi connectivity index (χ0n) is 16.2. The highest BCUT2D eigenvalue weighted by Gasteiger charge is 2.36. The Morgan fingerprint density at radius 2 is 1.79 bits per heavy atom. The number of sulfonamides is 1. The lowest BCUT2D eigenvalue weighted by Crippen LogP contribution is -2.48. The molecule has 10 heteroatoms. The number of nitrogens with zero attached hydrogens (tertiary/aromatic N) is 2. The molecule has 1 amide bonds. The van der Waals surface area contributed by atoms with Crippen molar-refractivity contribution in [2.24, 2.45) is 5.92 Å². The number of halogens is 3. The van der Waals surface area contributed by atoms with E-state index in [0.29, 0.717) is 12.8 Å². The van der Waals surface area contributed by atoms with Crippen molar-refractivity contribution in [3.05, 3.63) is 24.3 Å². The molecule has 1 aromatic carbocycles. The number of ether oxygens (including phenoxy) is 1. The Labute approximate surface area is 168 Å². The smallest absolute Gasteiger partial charge is 0.406 e. The van der Waals surface area contributed by atoms with E-state index >= 15 is 0 Å². The van der Waals surface area contributed by atoms with E-state index < -0.39 is 22.1 Å². The van der Waals surface area contributed by atoms with E-state index in [0.717, 1.165) is 37.9 Å². The highest BCUT2D eigenvalue weighted by atomic mass is 32.2. The molecule has 1 atom stereocenters. The van der Waals surface area contributed by atoms with Crippen LogP contribution in [-0.2, 0) is 14.8 Å². The van der Waals surface area contributed by atoms with Gasteiger partial charge in [-0.2, -0.15) is 4.31 Å². The maximum Gasteiger partial charge on any atom is 0.573 e. The van der Waals surface area contributed by atoms with Crippen molar-refractivity contribution in [1.82, 2.24) is 9.21 Å². The Morgan fingerprint density at radius 3 is 2.41 bits per heavy atom. The minimum atomic E-state index is -4.90. The maximum absolute atomic E-state index is 12.8. The van der Waals surface area contributed by atoms with Crippen LogP contribution < -0.4 is 4.74 Å². The summed E-state index contributed by atoms with van der Waals surface area (Å²) in [6, 6.07) is 4.58. The van der Waals surface area contributed by atoms with Gasteiger partial charge in [-0.05, 0) is 51.2 Å². The zero-order chi connectivity index (χ0) is 21.2. The topological polar surface area (TPSA) is 66.9 Å². The molecular formula is C19H25F3N2O4S. The van der Waals surface area contributed by atoms with Crippen LogP contribution in [0.25, 0.3) is 0 Å². The van der Waals surface area contributed by atoms with E-state index in [2.05, 4.69) is 4.74 Å². The first-order valence-corrected chi connectivity index (χ1v) is 11.2. The molecule has 2 saturated heterocycles. The Kier molecular flexibility index (Phi) is 6.42. The molecule has 0 aromatic heterocycles. The molecule has 6 nitrogen and oxygen atoms in total. The molecule has 0 spiro atoms. The van der Waals surface area contributed by atoms with Gasteiger partial charge in [0.2, 0.25) is 15.9 Å². The van der Waals surface area contributed by atoms with Crippen molar-refractivity contribution >= 4 is 15.9 Å². The van der Waals surface area contributed by atoms with E-state index in [-0.39, 0.29) is 35.9 Å². The lowest BCUT2D eigenvalue weighted by Gasteiger charge is -2.38. The number of hydrogen-bond acceptors (Lipinski definition) is 4. The number of piperidine rings is 2. The monoisotopic (exact) mass is 434 g/mol. The van der Waals surface area contributed by atoms with Gasteiger partial charge in [-0.25, -0.2) is 8.42 Å². The molecule has 162 valence electrons. The van der Waals surface area contributed by atoms with Gasteiger partial charge >= 0.3 is 6.36 Å². The average Bonchev–Trinajstić information content (AvgIpc) is 2.67. The molecule has 0 unspecified atom stereocenters. The van der Waals surface area contributed by atoms with Crippen LogP contribution in [-0.4, -0.2) is 55.6 Å². The number of alkyl halides is 3. The van der Waals surface area contributed by atoms with E-state index in [1.165, 1.54) is 16.4 Å². The van der Waals surface area contributed by atoms with Gasteiger partial charge < -0.3 is 9.64 Å². The number of amides is 1. The third-order valence-electron chi connectivity index (χ3n) is 5.57. The van der Waals surface area contributed by atoms with Gasteiger partial charge in [0.25, 0.3) is 0 Å². The number of hydrogen-bond donors (Lipinski definition) is 0. The summed E-state index contributed by atoms with van der Waals surface area (Å²) in [5.74, 6) is -0.723. The second-order valence-electron chi connectivity index (χ2n) is 7.58. The van der Waals surface area contributed by atoms with Crippen molar-refractivity contribution in [3.8, 4) is 5.75 Å². The van der Waals surface area contributed by atoms with E-state index in [4.69, 9.17) is 0 Å². The first-order valence-electron chi connectivity index (χ1n) is 9.74. The maximum atomic E-state index is 12.8. The van der Waals surface area contributed by atoms with Gasteiger partial charge in [-0.15, -0.1) is 13.2 Å². The molecule has 2 heterocycles. The van der Waals surface area contributed by atoms with Gasteiger partial charge in [0.1, 0.15) is 5.75 Å². The molecule has 1 aromatic rings. The fraction of sp³-hybridized carbons (Fsp3) is 0.632. The number of benzene rings is 1. The van der Waals surface area contributed by atoms with Gasteiger partial charge in [0.15, 0.2) is 0 Å². The van der Waals surface area contributed by atoms with E-state index in [1.807, 2.05) is 11.8 Å². The third-order valence-corrected chi connectivity index (χ3v) is 7.46. The summed E-state index contributed by atoms with van der Waals surface area (Å²) in [7, 11) is -3.96. The fourth-order valence-corrected chi connectivity index (χ4v) is 5.49. The van der Waals surface area contributed by atoms with Crippen molar-refractivity contribution in [2.45, 2.75) is 56.3 Å². The first kappa shape index (κ1) is 21.9. The van der Waals surface area contributed by atoms with Crippen LogP contribution >= 0.6 is 0 Å². The predicted molar refractivity (Wildman–Crippen MR) is 99.6 cm³/mol. The molecule has 2 aliphatic heterocycles. The normalized spacial score (nSPS) is 22.5. The van der Waals surface area contributed by atoms with Crippen LogP contribution in [0, 0.1) is 5.92 Å². The Bertz CT molecular complexity index is 836. The fourth-order valence-electron chi connectivity index (χ4n) is 3.98. The minimum Gasteiger partial charge on any atom is -0.406 e. The molecule has 0 bridgehead atoms. The first-order chi connectivity index (χ1) is 13.6. The second-order valence-corrected chi connectivity index (χ2v) is 9.52. The van der Waals surface area contributed by atoms with Gasteiger partial charge in [0, 0.05) is 37.7 Å². The standard InChI is InChI=1S/C19H25F3N2O4S/c1-14-5-2-3-10-24(14)18(25)15-8-11-23(12-9-15)29(26,27)17-7-4-6-16(13-17)28-19(20,21)22/h4,6-7,13-15H,2-3,5,8-12H2,1H3/t14-/m0/s1. The van der Waals surface area contributed by atoms with Gasteiger partial charge in [0.05, 0.1) is 4.90 Å². The van der Waals surface area contributed by atoms with Crippen LogP contribution in [0.1, 0.15) is 39.0 Å². The SMILES string of the molecule is C[C@H]1CCCCN1C(=O)C1CCN(S(=O)(=O)c2cccc(OC(F)(F)F)c2)CC1. The van der Waals surface area contributed by atoms with Crippen LogP contribution in [0.4, 0.5) is 13.2 Å². The van der Waals surface area contributed by atoms with Crippen molar-refractivity contribution in [1.29, 1.82) is 0 Å². The van der Waals surface area contributed by atoms with Crippen molar-refractivity contribution < 1.29 is 31.1 Å². The molecule has 0 aliphatic carbocycles. The molecule has 0 radical (unpaired) electrons. The summed E-state index contributed by atoms with van der Waals surface area (Å²) in [5.41, 5.74) is 0. The van der Waals surface area contributed by atoms with Crippen LogP contribution in [0.3, 0.4) is 0 Å². The zero-order valence-corrected chi connectivity index (χ0v) is 17.0. The molecule has 3 rings (SSSR count). The number of rotatable bonds is 4. The summed E-state index contributed by atoms with van der Waals surface area (Å²) in [6.45, 7) is 3.09. The van der Waals surface area contributed by atoms with Gasteiger partial charge in [-0.3, -0.25) is 4.79 Å². The highest BCUT2D eigenvalue weighted by molar-refractivity contribution is 7.89. The average molecular weight is 434 g/mol. The Hall–Kier alpha value is -1.81. The Balaban J connectivity index is 1.65. The molecule has 2 fully saturated rings. The van der Waals surface area contributed by atoms with E-state index in [1.54, 1.807) is 0 Å². The molecular weight excluding hydrogens is 409 g/mol. The summed E-state index contributed by atoms with van der Waals surface area (Å²) >= 11 is 0. The Morgan fingerprint density at radius 1 is 1.10 bits per heavy atom. The summed E-state index contributed by atoms with van der Waals surface area (Å²) < 4.78 is 67.9. The quantitative estimate of drug-likeness (QED) is 0.729.